The van der Waals surface area contributed by atoms with E-state index in [9.17, 15) is 9.18 Å². The van der Waals surface area contributed by atoms with Crippen molar-refractivity contribution in [1.82, 2.24) is 14.7 Å². The Morgan fingerprint density at radius 2 is 1.48 bits per heavy atom. The second-order valence-electron chi connectivity index (χ2n) is 8.85. The van der Waals surface area contributed by atoms with Crippen molar-refractivity contribution in [2.75, 3.05) is 19.6 Å². The van der Waals surface area contributed by atoms with Crippen molar-refractivity contribution in [3.8, 4) is 0 Å². The van der Waals surface area contributed by atoms with E-state index in [1.165, 1.54) is 17.7 Å². The van der Waals surface area contributed by atoms with Gasteiger partial charge in [0.2, 0.25) is 0 Å². The minimum atomic E-state index is -0.249. The van der Waals surface area contributed by atoms with Crippen LogP contribution in [0.25, 0.3) is 10.8 Å². The Balaban J connectivity index is 1.35. The highest BCUT2D eigenvalue weighted by atomic mass is 19.1. The molecule has 1 fully saturated rings. The number of hydrogen-bond acceptors (Lipinski definition) is 3. The first-order chi connectivity index (χ1) is 16.2. The fourth-order valence-corrected chi connectivity index (χ4v) is 4.77. The van der Waals surface area contributed by atoms with Gasteiger partial charge in [-0.2, -0.15) is 5.10 Å². The molecule has 0 atom stereocenters. The first-order valence-corrected chi connectivity index (χ1v) is 11.7. The van der Waals surface area contributed by atoms with Gasteiger partial charge in [-0.15, -0.1) is 0 Å². The number of benzene rings is 3. The van der Waals surface area contributed by atoms with Crippen LogP contribution in [0.5, 0.6) is 0 Å². The van der Waals surface area contributed by atoms with E-state index in [0.29, 0.717) is 11.8 Å². The van der Waals surface area contributed by atoms with Crippen molar-refractivity contribution >= 4 is 10.8 Å². The number of nitrogens with zero attached hydrogens (tertiary/aromatic N) is 3. The molecule has 168 valence electrons. The molecule has 33 heavy (non-hydrogen) atoms. The first-order valence-electron chi connectivity index (χ1n) is 11.7. The minimum absolute atomic E-state index is 0.0174. The predicted molar refractivity (Wildman–Crippen MR) is 130 cm³/mol. The van der Waals surface area contributed by atoms with Gasteiger partial charge in [-0.05, 0) is 48.6 Å². The summed E-state index contributed by atoms with van der Waals surface area (Å²) in [7, 11) is 0. The van der Waals surface area contributed by atoms with Crippen LogP contribution in [0.1, 0.15) is 35.7 Å². The van der Waals surface area contributed by atoms with Crippen LogP contribution in [-0.4, -0.2) is 34.3 Å². The topological polar surface area (TPSA) is 38.1 Å². The lowest BCUT2D eigenvalue weighted by molar-refractivity contribution is 0.178. The molecule has 5 rings (SSSR count). The second kappa shape index (κ2) is 9.67. The smallest absolute Gasteiger partial charge is 0.274 e. The lowest BCUT2D eigenvalue weighted by Gasteiger charge is -2.32. The fraction of sp³-hybridized carbons (Fsp3) is 0.286. The van der Waals surface area contributed by atoms with Gasteiger partial charge in [0.25, 0.3) is 5.56 Å². The number of hydrogen-bond donors (Lipinski definition) is 0. The summed E-state index contributed by atoms with van der Waals surface area (Å²) in [5, 5.41) is 6.44. The Morgan fingerprint density at radius 3 is 2.21 bits per heavy atom. The molecule has 4 aromatic rings. The number of likely N-dealkylation sites (tertiary alicyclic amines) is 1. The van der Waals surface area contributed by atoms with E-state index in [4.69, 9.17) is 5.10 Å². The minimum Gasteiger partial charge on any atom is -0.303 e. The van der Waals surface area contributed by atoms with Crippen LogP contribution in [-0.2, 0) is 12.8 Å². The van der Waals surface area contributed by atoms with E-state index < -0.39 is 0 Å². The summed E-state index contributed by atoms with van der Waals surface area (Å²) in [6, 6.07) is 24.9. The van der Waals surface area contributed by atoms with Crippen LogP contribution >= 0.6 is 0 Å². The summed E-state index contributed by atoms with van der Waals surface area (Å²) >= 11 is 0. The van der Waals surface area contributed by atoms with Gasteiger partial charge in [0.15, 0.2) is 0 Å². The zero-order valence-electron chi connectivity index (χ0n) is 18.7. The zero-order chi connectivity index (χ0) is 22.6. The summed E-state index contributed by atoms with van der Waals surface area (Å²) in [5.41, 5.74) is 3.19. The molecule has 1 saturated heterocycles. The lowest BCUT2D eigenvalue weighted by atomic mass is 10.0. The number of piperidine rings is 1. The van der Waals surface area contributed by atoms with Gasteiger partial charge in [0.05, 0.1) is 17.1 Å². The van der Waals surface area contributed by atoms with E-state index in [2.05, 4.69) is 29.2 Å². The van der Waals surface area contributed by atoms with Gasteiger partial charge >= 0.3 is 0 Å². The quantitative estimate of drug-likeness (QED) is 0.422. The van der Waals surface area contributed by atoms with Crippen molar-refractivity contribution in [3.63, 3.8) is 0 Å². The predicted octanol–water partition coefficient (Wildman–Crippen LogP) is 5.01. The summed E-state index contributed by atoms with van der Waals surface area (Å²) in [6.07, 6.45) is 3.44. The zero-order valence-corrected chi connectivity index (χ0v) is 18.7. The molecular weight excluding hydrogens is 413 g/mol. The molecular formula is C28H28FN3O. The molecule has 0 aliphatic carbocycles. The Morgan fingerprint density at radius 1 is 0.818 bits per heavy atom. The summed E-state index contributed by atoms with van der Waals surface area (Å²) in [6.45, 7) is 2.96. The maximum Gasteiger partial charge on any atom is 0.274 e. The molecule has 0 spiro atoms. The highest BCUT2D eigenvalue weighted by Gasteiger charge is 2.23. The standard InChI is InChI=1S/C28H28FN3O/c29-23-12-10-22(11-13-23)20-27-25-8-4-5-9-26(25)28(33)32(30-27)24-15-18-31(19-16-24)17-14-21-6-2-1-3-7-21/h1-13,24H,14-20H2. The van der Waals surface area contributed by atoms with E-state index in [1.54, 1.807) is 16.8 Å². The number of aromatic nitrogens is 2. The molecule has 0 radical (unpaired) electrons. The molecule has 0 unspecified atom stereocenters. The Kier molecular flexibility index (Phi) is 6.31. The molecule has 3 aromatic carbocycles. The third-order valence-corrected chi connectivity index (χ3v) is 6.65. The Hall–Kier alpha value is -3.31. The van der Waals surface area contributed by atoms with Crippen molar-refractivity contribution < 1.29 is 4.39 Å². The third-order valence-electron chi connectivity index (χ3n) is 6.65. The molecule has 0 bridgehead atoms. The van der Waals surface area contributed by atoms with Crippen LogP contribution in [0, 0.1) is 5.82 Å². The van der Waals surface area contributed by atoms with Gasteiger partial charge in [-0.25, -0.2) is 9.07 Å². The molecule has 1 aliphatic rings. The van der Waals surface area contributed by atoms with Crippen LogP contribution in [0.3, 0.4) is 0 Å². The van der Waals surface area contributed by atoms with Gasteiger partial charge in [0, 0.05) is 31.4 Å². The Labute approximate surface area is 193 Å². The molecule has 2 heterocycles. The average molecular weight is 442 g/mol. The van der Waals surface area contributed by atoms with Crippen LogP contribution in [0.4, 0.5) is 4.39 Å². The number of halogens is 1. The van der Waals surface area contributed by atoms with Crippen molar-refractivity contribution in [2.24, 2.45) is 0 Å². The van der Waals surface area contributed by atoms with E-state index in [-0.39, 0.29) is 17.4 Å². The molecule has 1 aliphatic heterocycles. The Bertz CT molecular complexity index is 1280. The molecule has 1 aromatic heterocycles. The second-order valence-corrected chi connectivity index (χ2v) is 8.85. The summed E-state index contributed by atoms with van der Waals surface area (Å²) in [5.74, 6) is -0.249. The monoisotopic (exact) mass is 441 g/mol. The van der Waals surface area contributed by atoms with Crippen molar-refractivity contribution in [1.29, 1.82) is 0 Å². The SMILES string of the molecule is O=c1c2ccccc2c(Cc2ccc(F)cc2)nn1C1CCN(CCc2ccccc2)CC1. The van der Waals surface area contributed by atoms with Crippen LogP contribution < -0.4 is 5.56 Å². The molecule has 0 saturated carbocycles. The summed E-state index contributed by atoms with van der Waals surface area (Å²) < 4.78 is 15.1. The number of fused-ring (bicyclic) bond motifs is 1. The van der Waals surface area contributed by atoms with Crippen molar-refractivity contribution in [3.05, 3.63) is 112 Å². The summed E-state index contributed by atoms with van der Waals surface area (Å²) in [4.78, 5) is 15.8. The van der Waals surface area contributed by atoms with Crippen LogP contribution in [0.2, 0.25) is 0 Å². The third kappa shape index (κ3) is 4.88. The highest BCUT2D eigenvalue weighted by Crippen LogP contribution is 2.24. The lowest BCUT2D eigenvalue weighted by Crippen LogP contribution is -2.39. The van der Waals surface area contributed by atoms with Crippen LogP contribution in [0.15, 0.2) is 83.7 Å². The van der Waals surface area contributed by atoms with Gasteiger partial charge in [0.1, 0.15) is 5.82 Å². The maximum absolute atomic E-state index is 13.4. The molecule has 0 amide bonds. The number of rotatable bonds is 6. The normalized spacial score (nSPS) is 15.2. The fourth-order valence-electron chi connectivity index (χ4n) is 4.77. The largest absolute Gasteiger partial charge is 0.303 e. The van der Waals surface area contributed by atoms with Gasteiger partial charge < -0.3 is 4.90 Å². The van der Waals surface area contributed by atoms with E-state index >= 15 is 0 Å². The molecule has 4 nitrogen and oxygen atoms in total. The van der Waals surface area contributed by atoms with Gasteiger partial charge in [-0.3, -0.25) is 4.79 Å². The first kappa shape index (κ1) is 21.5. The van der Waals surface area contributed by atoms with Crippen molar-refractivity contribution in [2.45, 2.75) is 31.7 Å². The van der Waals surface area contributed by atoms with Gasteiger partial charge in [-0.1, -0.05) is 60.7 Å². The van der Waals surface area contributed by atoms with E-state index in [1.807, 2.05) is 30.3 Å². The molecule has 5 heteroatoms. The molecule has 0 N–H and O–H groups in total. The highest BCUT2D eigenvalue weighted by molar-refractivity contribution is 5.83. The average Bonchev–Trinajstić information content (AvgIpc) is 2.87. The maximum atomic E-state index is 13.4. The van der Waals surface area contributed by atoms with E-state index in [0.717, 1.165) is 55.5 Å².